The zero-order chi connectivity index (χ0) is 13.4. The lowest BCUT2D eigenvalue weighted by Gasteiger charge is -2.37. The van der Waals surface area contributed by atoms with Gasteiger partial charge in [-0.15, -0.1) is 0 Å². The molecule has 0 saturated heterocycles. The van der Waals surface area contributed by atoms with Crippen LogP contribution in [-0.4, -0.2) is 6.04 Å². The molecule has 4 atom stereocenters. The number of benzene rings is 1. The van der Waals surface area contributed by atoms with Crippen molar-refractivity contribution in [2.45, 2.75) is 52.0 Å². The molecule has 2 N–H and O–H groups in total. The maximum Gasteiger partial charge on any atom is 0.0102 e. The molecular formula is C18H27N. The van der Waals surface area contributed by atoms with Gasteiger partial charge in [-0.2, -0.15) is 0 Å². The zero-order valence-electron chi connectivity index (χ0n) is 12.3. The molecule has 0 spiro atoms. The molecule has 0 bridgehead atoms. The summed E-state index contributed by atoms with van der Waals surface area (Å²) in [4.78, 5) is 0. The molecule has 0 radical (unpaired) electrons. The van der Waals surface area contributed by atoms with E-state index in [0.717, 1.165) is 17.8 Å². The molecule has 1 aromatic rings. The number of hydrogen-bond acceptors (Lipinski definition) is 1. The largest absolute Gasteiger partial charge is 0.327 e. The van der Waals surface area contributed by atoms with E-state index >= 15 is 0 Å². The molecule has 1 fully saturated rings. The van der Waals surface area contributed by atoms with Crippen molar-refractivity contribution in [3.05, 3.63) is 35.4 Å². The normalized spacial score (nSPS) is 33.1. The fourth-order valence-electron chi connectivity index (χ4n) is 4.19. The minimum Gasteiger partial charge on any atom is -0.327 e. The van der Waals surface area contributed by atoms with E-state index in [0.29, 0.717) is 12.0 Å². The summed E-state index contributed by atoms with van der Waals surface area (Å²) in [6.45, 7) is 4.81. The third-order valence-electron chi connectivity index (χ3n) is 5.81. The number of nitrogens with two attached hydrogens (primary N) is 1. The Morgan fingerprint density at radius 3 is 2.16 bits per heavy atom. The second-order valence-corrected chi connectivity index (χ2v) is 7.04. The van der Waals surface area contributed by atoms with Gasteiger partial charge in [0, 0.05) is 6.04 Å². The second kappa shape index (κ2) is 5.28. The fraction of sp³-hybridized carbons (Fsp3) is 0.667. The molecule has 0 amide bonds. The molecule has 1 aromatic carbocycles. The van der Waals surface area contributed by atoms with E-state index in [1.807, 2.05) is 0 Å². The summed E-state index contributed by atoms with van der Waals surface area (Å²) in [5.41, 5.74) is 9.72. The van der Waals surface area contributed by atoms with Gasteiger partial charge in [0.1, 0.15) is 0 Å². The lowest BCUT2D eigenvalue weighted by molar-refractivity contribution is 0.162. The predicted molar refractivity (Wildman–Crippen MR) is 81.0 cm³/mol. The van der Waals surface area contributed by atoms with Crippen LogP contribution in [0.15, 0.2) is 24.3 Å². The van der Waals surface area contributed by atoms with Crippen LogP contribution in [0, 0.1) is 23.7 Å². The third-order valence-corrected chi connectivity index (χ3v) is 5.81. The average molecular weight is 257 g/mol. The van der Waals surface area contributed by atoms with Crippen LogP contribution in [0.1, 0.15) is 44.2 Å². The van der Waals surface area contributed by atoms with E-state index in [2.05, 4.69) is 38.1 Å². The van der Waals surface area contributed by atoms with Gasteiger partial charge in [-0.3, -0.25) is 0 Å². The first-order chi connectivity index (χ1) is 9.15. The van der Waals surface area contributed by atoms with Crippen LogP contribution in [0.25, 0.3) is 0 Å². The van der Waals surface area contributed by atoms with Crippen molar-refractivity contribution in [3.63, 3.8) is 0 Å². The Kier molecular flexibility index (Phi) is 3.66. The quantitative estimate of drug-likeness (QED) is 0.857. The van der Waals surface area contributed by atoms with Gasteiger partial charge < -0.3 is 5.73 Å². The maximum absolute atomic E-state index is 6.64. The monoisotopic (exact) mass is 257 g/mol. The van der Waals surface area contributed by atoms with Crippen LogP contribution in [0.3, 0.4) is 0 Å². The van der Waals surface area contributed by atoms with Gasteiger partial charge in [-0.1, -0.05) is 44.5 Å². The Morgan fingerprint density at radius 1 is 0.947 bits per heavy atom. The topological polar surface area (TPSA) is 26.0 Å². The maximum atomic E-state index is 6.64. The SMILES string of the molecule is CC1CCC(C(N)C2Cc3ccccc3C2)CC1C. The van der Waals surface area contributed by atoms with Crippen molar-refractivity contribution < 1.29 is 0 Å². The van der Waals surface area contributed by atoms with Gasteiger partial charge in [0.25, 0.3) is 0 Å². The molecule has 3 rings (SSSR count). The van der Waals surface area contributed by atoms with Crippen molar-refractivity contribution in [3.8, 4) is 0 Å². The number of fused-ring (bicyclic) bond motifs is 1. The molecule has 1 heteroatoms. The molecule has 2 aliphatic carbocycles. The second-order valence-electron chi connectivity index (χ2n) is 7.04. The highest BCUT2D eigenvalue weighted by Gasteiger charge is 2.34. The van der Waals surface area contributed by atoms with Crippen LogP contribution in [0.4, 0.5) is 0 Å². The van der Waals surface area contributed by atoms with E-state index in [1.165, 1.54) is 32.1 Å². The highest BCUT2D eigenvalue weighted by Crippen LogP contribution is 2.39. The van der Waals surface area contributed by atoms with Crippen LogP contribution in [0.5, 0.6) is 0 Å². The predicted octanol–water partition coefficient (Wildman–Crippen LogP) is 3.80. The van der Waals surface area contributed by atoms with Crippen LogP contribution in [0.2, 0.25) is 0 Å². The van der Waals surface area contributed by atoms with Gasteiger partial charge in [-0.05, 0) is 60.5 Å². The summed E-state index contributed by atoms with van der Waals surface area (Å²) in [7, 11) is 0. The zero-order valence-corrected chi connectivity index (χ0v) is 12.3. The lowest BCUT2D eigenvalue weighted by atomic mass is 9.70. The van der Waals surface area contributed by atoms with Crippen LogP contribution in [-0.2, 0) is 12.8 Å². The molecule has 0 aromatic heterocycles. The molecule has 1 nitrogen and oxygen atoms in total. The highest BCUT2D eigenvalue weighted by molar-refractivity contribution is 5.32. The molecule has 2 aliphatic rings. The smallest absolute Gasteiger partial charge is 0.0102 e. The van der Waals surface area contributed by atoms with Crippen molar-refractivity contribution in [1.82, 2.24) is 0 Å². The Morgan fingerprint density at radius 2 is 1.58 bits per heavy atom. The van der Waals surface area contributed by atoms with E-state index in [-0.39, 0.29) is 0 Å². The highest BCUT2D eigenvalue weighted by atomic mass is 14.7. The summed E-state index contributed by atoms with van der Waals surface area (Å²) in [6, 6.07) is 9.30. The third kappa shape index (κ3) is 2.58. The molecule has 4 unspecified atom stereocenters. The van der Waals surface area contributed by atoms with Crippen molar-refractivity contribution in [1.29, 1.82) is 0 Å². The lowest BCUT2D eigenvalue weighted by Crippen LogP contribution is -2.41. The Labute approximate surface area is 117 Å². The van der Waals surface area contributed by atoms with Crippen LogP contribution < -0.4 is 5.73 Å². The van der Waals surface area contributed by atoms with Crippen molar-refractivity contribution in [2.75, 3.05) is 0 Å². The van der Waals surface area contributed by atoms with E-state index in [9.17, 15) is 0 Å². The summed E-state index contributed by atoms with van der Waals surface area (Å²) in [6.07, 6.45) is 6.48. The van der Waals surface area contributed by atoms with E-state index in [4.69, 9.17) is 5.73 Å². The molecule has 104 valence electrons. The molecule has 19 heavy (non-hydrogen) atoms. The summed E-state index contributed by atoms with van der Waals surface area (Å²) >= 11 is 0. The minimum atomic E-state index is 0.405. The summed E-state index contributed by atoms with van der Waals surface area (Å²) in [5.74, 6) is 3.19. The summed E-state index contributed by atoms with van der Waals surface area (Å²) < 4.78 is 0. The van der Waals surface area contributed by atoms with Crippen molar-refractivity contribution >= 4 is 0 Å². The number of hydrogen-bond donors (Lipinski definition) is 1. The van der Waals surface area contributed by atoms with E-state index in [1.54, 1.807) is 11.1 Å². The fourth-order valence-corrected chi connectivity index (χ4v) is 4.19. The first kappa shape index (κ1) is 13.2. The van der Waals surface area contributed by atoms with Gasteiger partial charge >= 0.3 is 0 Å². The van der Waals surface area contributed by atoms with Gasteiger partial charge in [0.15, 0.2) is 0 Å². The summed E-state index contributed by atoms with van der Waals surface area (Å²) in [5, 5.41) is 0. The van der Waals surface area contributed by atoms with E-state index < -0.39 is 0 Å². The first-order valence-corrected chi connectivity index (χ1v) is 7.97. The average Bonchev–Trinajstić information content (AvgIpc) is 2.85. The number of rotatable bonds is 2. The molecule has 0 heterocycles. The molecule has 1 saturated carbocycles. The van der Waals surface area contributed by atoms with Crippen molar-refractivity contribution in [2.24, 2.45) is 29.4 Å². The van der Waals surface area contributed by atoms with Crippen LogP contribution >= 0.6 is 0 Å². The first-order valence-electron chi connectivity index (χ1n) is 7.97. The molecule has 0 aliphatic heterocycles. The standard InChI is InChI=1S/C18H27N/c1-12-7-8-16(9-13(12)2)18(19)17-10-14-5-3-4-6-15(14)11-17/h3-6,12-13,16-18H,7-11,19H2,1-2H3. The Hall–Kier alpha value is -0.820. The van der Waals surface area contributed by atoms with Gasteiger partial charge in [-0.25, -0.2) is 0 Å². The van der Waals surface area contributed by atoms with Gasteiger partial charge in [0.2, 0.25) is 0 Å². The molecular weight excluding hydrogens is 230 g/mol. The Bertz CT molecular complexity index is 414. The minimum absolute atomic E-state index is 0.405. The Balaban J connectivity index is 1.65. The van der Waals surface area contributed by atoms with Gasteiger partial charge in [0.05, 0.1) is 0 Å².